The molecule has 0 spiro atoms. The maximum atomic E-state index is 12.5. The van der Waals surface area contributed by atoms with Crippen molar-refractivity contribution in [2.75, 3.05) is 13.2 Å². The Labute approximate surface area is 120 Å². The van der Waals surface area contributed by atoms with Gasteiger partial charge in [0.1, 0.15) is 5.78 Å². The molecule has 0 aliphatic heterocycles. The molecule has 0 aliphatic carbocycles. The minimum atomic E-state index is -3.37. The molecule has 1 atom stereocenters. The van der Waals surface area contributed by atoms with Crippen LogP contribution in [0.25, 0.3) is 0 Å². The molecule has 0 bridgehead atoms. The van der Waals surface area contributed by atoms with E-state index in [9.17, 15) is 4.57 Å². The van der Waals surface area contributed by atoms with Gasteiger partial charge in [0.25, 0.3) is 0 Å². The first-order valence-corrected chi connectivity index (χ1v) is 8.32. The summed E-state index contributed by atoms with van der Waals surface area (Å²) in [5.74, 6) is -0.843. The monoisotopic (exact) mass is 355 g/mol. The molecule has 0 aliphatic rings. The van der Waals surface area contributed by atoms with Crippen molar-refractivity contribution >= 4 is 35.1 Å². The Morgan fingerprint density at radius 2 is 1.94 bits per heavy atom. The summed E-state index contributed by atoms with van der Waals surface area (Å²) in [6.07, 6.45) is 0. The van der Waals surface area contributed by atoms with Crippen LogP contribution in [0.15, 0.2) is 22.7 Å². The van der Waals surface area contributed by atoms with Crippen molar-refractivity contribution in [3.63, 3.8) is 0 Å². The van der Waals surface area contributed by atoms with E-state index < -0.39 is 13.4 Å². The van der Waals surface area contributed by atoms with Crippen molar-refractivity contribution in [1.29, 1.82) is 0 Å². The van der Waals surface area contributed by atoms with E-state index in [1.165, 1.54) is 0 Å². The summed E-state index contributed by atoms with van der Waals surface area (Å²) < 4.78 is 23.7. The van der Waals surface area contributed by atoms with Gasteiger partial charge in [-0.25, -0.2) is 0 Å². The van der Waals surface area contributed by atoms with Crippen LogP contribution < -0.4 is 5.73 Å². The Balaban J connectivity index is 3.09. The average molecular weight is 357 g/mol. The molecule has 4 nitrogen and oxygen atoms in total. The number of nitrogens with two attached hydrogens (primary N) is 1. The van der Waals surface area contributed by atoms with Crippen LogP contribution in [-0.4, -0.2) is 13.2 Å². The van der Waals surface area contributed by atoms with Gasteiger partial charge in [0.15, 0.2) is 0 Å². The van der Waals surface area contributed by atoms with Gasteiger partial charge in [0, 0.05) is 9.50 Å². The number of rotatable bonds is 6. The van der Waals surface area contributed by atoms with Crippen molar-refractivity contribution in [2.24, 2.45) is 5.73 Å². The molecule has 0 fully saturated rings. The Hall–Kier alpha value is 0.1000. The molecule has 0 radical (unpaired) electrons. The summed E-state index contributed by atoms with van der Waals surface area (Å²) in [7, 11) is -3.37. The van der Waals surface area contributed by atoms with Crippen LogP contribution in [0.3, 0.4) is 0 Å². The highest BCUT2D eigenvalue weighted by molar-refractivity contribution is 9.10. The lowest BCUT2D eigenvalue weighted by atomic mass is 10.2. The van der Waals surface area contributed by atoms with Crippen molar-refractivity contribution in [3.8, 4) is 0 Å². The van der Waals surface area contributed by atoms with Gasteiger partial charge in [-0.3, -0.25) is 4.57 Å². The fourth-order valence-corrected chi connectivity index (χ4v) is 4.26. The van der Waals surface area contributed by atoms with Crippen molar-refractivity contribution < 1.29 is 13.6 Å². The summed E-state index contributed by atoms with van der Waals surface area (Å²) in [6, 6.07) is 5.09. The number of halogens is 2. The minimum absolute atomic E-state index is 0.274. The van der Waals surface area contributed by atoms with Gasteiger partial charge < -0.3 is 14.8 Å². The van der Waals surface area contributed by atoms with Crippen LogP contribution in [0.2, 0.25) is 5.02 Å². The van der Waals surface area contributed by atoms with Crippen molar-refractivity contribution in [3.05, 3.63) is 33.3 Å². The molecule has 1 aromatic carbocycles. The largest absolute Gasteiger partial charge is 0.351 e. The van der Waals surface area contributed by atoms with E-state index in [0.29, 0.717) is 15.1 Å². The van der Waals surface area contributed by atoms with Gasteiger partial charge in [-0.2, -0.15) is 0 Å². The fourth-order valence-electron chi connectivity index (χ4n) is 1.47. The molecular weight excluding hydrogens is 340 g/mol. The summed E-state index contributed by atoms with van der Waals surface area (Å²) >= 11 is 9.20. The zero-order chi connectivity index (χ0) is 13.8. The molecule has 2 N–H and O–H groups in total. The highest BCUT2D eigenvalue weighted by atomic mass is 79.9. The van der Waals surface area contributed by atoms with Gasteiger partial charge in [-0.15, -0.1) is 0 Å². The number of hydrogen-bond donors (Lipinski definition) is 1. The van der Waals surface area contributed by atoms with Gasteiger partial charge in [0.2, 0.25) is 0 Å². The predicted octanol–water partition coefficient (Wildman–Crippen LogP) is 4.33. The van der Waals surface area contributed by atoms with Gasteiger partial charge in [-0.1, -0.05) is 33.6 Å². The van der Waals surface area contributed by atoms with Crippen molar-refractivity contribution in [1.82, 2.24) is 0 Å². The average Bonchev–Trinajstić information content (AvgIpc) is 2.29. The Morgan fingerprint density at radius 1 is 1.39 bits per heavy atom. The molecule has 1 rings (SSSR count). The maximum absolute atomic E-state index is 12.5. The number of hydrogen-bond acceptors (Lipinski definition) is 4. The third-order valence-corrected chi connectivity index (χ3v) is 5.36. The van der Waals surface area contributed by atoms with Crippen LogP contribution in [0.1, 0.15) is 25.2 Å². The fraction of sp³-hybridized carbons (Fsp3) is 0.455. The van der Waals surface area contributed by atoms with E-state index >= 15 is 0 Å². The quantitative estimate of drug-likeness (QED) is 0.771. The van der Waals surface area contributed by atoms with E-state index in [0.717, 1.165) is 0 Å². The minimum Gasteiger partial charge on any atom is -0.314 e. The third kappa shape index (κ3) is 3.80. The first-order valence-electron chi connectivity index (χ1n) is 5.54. The standard InChI is InChI=1S/C11H16BrClNO3P/c1-3-16-18(15,17-4-2)11(14)9-6-5-8(13)7-10(9)12/h5-7,11H,3-4,14H2,1-2H3/t11-/m0/s1. The summed E-state index contributed by atoms with van der Waals surface area (Å²) in [6.45, 7) is 4.04. The molecule has 1 aromatic rings. The topological polar surface area (TPSA) is 61.5 Å². The summed E-state index contributed by atoms with van der Waals surface area (Å²) in [4.78, 5) is 0. The molecular formula is C11H16BrClNO3P. The smallest absolute Gasteiger partial charge is 0.314 e. The SMILES string of the molecule is CCOP(=O)(OCC)[C@H](N)c1ccc(Cl)cc1Br. The first-order chi connectivity index (χ1) is 8.44. The molecule has 0 heterocycles. The van der Waals surface area contributed by atoms with Gasteiger partial charge in [-0.05, 0) is 31.5 Å². The van der Waals surface area contributed by atoms with Crippen LogP contribution in [0.4, 0.5) is 0 Å². The lowest BCUT2D eigenvalue weighted by Gasteiger charge is -2.24. The summed E-state index contributed by atoms with van der Waals surface area (Å²) in [5, 5.41) is 0.570. The number of benzene rings is 1. The molecule has 7 heteroatoms. The zero-order valence-electron chi connectivity index (χ0n) is 10.2. The molecule has 0 saturated heterocycles. The van der Waals surface area contributed by atoms with Crippen molar-refractivity contribution in [2.45, 2.75) is 19.6 Å². The summed E-state index contributed by atoms with van der Waals surface area (Å²) in [5.41, 5.74) is 6.65. The van der Waals surface area contributed by atoms with E-state index in [4.69, 9.17) is 26.4 Å². The Kier molecular flexibility index (Phi) is 6.31. The third-order valence-electron chi connectivity index (χ3n) is 2.24. The molecule has 0 amide bonds. The van der Waals surface area contributed by atoms with E-state index in [1.807, 2.05) is 0 Å². The highest BCUT2D eigenvalue weighted by Gasteiger charge is 2.34. The second-order valence-corrected chi connectivity index (χ2v) is 6.93. The molecule has 0 saturated carbocycles. The first kappa shape index (κ1) is 16.2. The van der Waals surface area contributed by atoms with E-state index in [-0.39, 0.29) is 13.2 Å². The van der Waals surface area contributed by atoms with Crippen LogP contribution in [-0.2, 0) is 13.6 Å². The van der Waals surface area contributed by atoms with Crippen LogP contribution >= 0.6 is 35.1 Å². The van der Waals surface area contributed by atoms with E-state index in [1.54, 1.807) is 32.0 Å². The van der Waals surface area contributed by atoms with Crippen LogP contribution in [0.5, 0.6) is 0 Å². The molecule has 102 valence electrons. The maximum Gasteiger partial charge on any atom is 0.351 e. The molecule has 18 heavy (non-hydrogen) atoms. The van der Waals surface area contributed by atoms with Gasteiger partial charge in [0.05, 0.1) is 13.2 Å². The second kappa shape index (κ2) is 7.04. The predicted molar refractivity (Wildman–Crippen MR) is 76.9 cm³/mol. The highest BCUT2D eigenvalue weighted by Crippen LogP contribution is 2.59. The van der Waals surface area contributed by atoms with Crippen LogP contribution in [0, 0.1) is 0 Å². The Bertz CT molecular complexity index is 448. The Morgan fingerprint density at radius 3 is 2.39 bits per heavy atom. The van der Waals surface area contributed by atoms with E-state index in [2.05, 4.69) is 15.9 Å². The lowest BCUT2D eigenvalue weighted by molar-refractivity contribution is 0.212. The lowest BCUT2D eigenvalue weighted by Crippen LogP contribution is -2.15. The molecule has 0 unspecified atom stereocenters. The molecule has 0 aromatic heterocycles. The normalized spacial score (nSPS) is 13.6. The zero-order valence-corrected chi connectivity index (χ0v) is 13.5. The van der Waals surface area contributed by atoms with Gasteiger partial charge >= 0.3 is 7.60 Å². The second-order valence-electron chi connectivity index (χ2n) is 3.49.